The second-order valence-electron chi connectivity index (χ2n) is 12.3. The third-order valence-corrected chi connectivity index (χ3v) is 8.70. The van der Waals surface area contributed by atoms with Crippen LogP contribution in [-0.4, -0.2) is 41.8 Å². The van der Waals surface area contributed by atoms with E-state index in [9.17, 15) is 5.11 Å². The molecule has 0 spiro atoms. The largest absolute Gasteiger partial charge is 0.344 e. The van der Waals surface area contributed by atoms with Crippen molar-refractivity contribution >= 4 is 6.34 Å². The third kappa shape index (κ3) is 19.4. The Hall–Kier alpha value is -0.670. The molecule has 0 aliphatic carbocycles. The molecule has 1 aliphatic heterocycles. The number of aliphatic hydroxyl groups is 1. The molecule has 0 amide bonds. The first kappa shape index (κ1) is 35.4. The first-order valence-electron chi connectivity index (χ1n) is 17.5. The van der Waals surface area contributed by atoms with Crippen LogP contribution in [0, 0.1) is 0 Å². The molecule has 1 rings (SSSR count). The quantitative estimate of drug-likeness (QED) is 0.0578. The fourth-order valence-electron chi connectivity index (χ4n) is 5.97. The van der Waals surface area contributed by atoms with E-state index >= 15 is 0 Å². The molecule has 1 N–H and O–H groups in total. The summed E-state index contributed by atoms with van der Waals surface area (Å²) >= 11 is 0. The molecular weight excluding hydrogens is 464 g/mol. The Morgan fingerprint density at radius 3 is 1.47 bits per heavy atom. The second kappa shape index (κ2) is 26.5. The van der Waals surface area contributed by atoms with Crippen LogP contribution in [0.25, 0.3) is 0 Å². The number of hydrogen-bond acceptors (Lipinski definition) is 2. The minimum atomic E-state index is -0.247. The van der Waals surface area contributed by atoms with Crippen molar-refractivity contribution in [3.05, 3.63) is 12.2 Å². The van der Waals surface area contributed by atoms with Gasteiger partial charge in [0.25, 0.3) is 0 Å². The maximum absolute atomic E-state index is 11.0. The molecule has 0 aromatic heterocycles. The third-order valence-electron chi connectivity index (χ3n) is 8.70. The van der Waals surface area contributed by atoms with Gasteiger partial charge >= 0.3 is 0 Å². The predicted octanol–water partition coefficient (Wildman–Crippen LogP) is 10.9. The van der Waals surface area contributed by atoms with E-state index in [0.717, 1.165) is 30.5 Å². The second-order valence-corrected chi connectivity index (χ2v) is 12.3. The zero-order valence-electron chi connectivity index (χ0n) is 26.2. The van der Waals surface area contributed by atoms with Crippen molar-refractivity contribution in [3.8, 4) is 0 Å². The summed E-state index contributed by atoms with van der Waals surface area (Å²) in [6.45, 7) is 7.54. The molecular formula is C35H69N2O+. The van der Waals surface area contributed by atoms with Crippen LogP contribution in [-0.2, 0) is 0 Å². The summed E-state index contributed by atoms with van der Waals surface area (Å²) in [6.07, 6.45) is 41.5. The highest BCUT2D eigenvalue weighted by Gasteiger charge is 2.36. The molecule has 1 heterocycles. The molecule has 38 heavy (non-hydrogen) atoms. The molecule has 2 unspecified atom stereocenters. The molecule has 0 fully saturated rings. The van der Waals surface area contributed by atoms with E-state index in [2.05, 4.69) is 37.3 Å². The van der Waals surface area contributed by atoms with Crippen LogP contribution in [0.4, 0.5) is 0 Å². The highest BCUT2D eigenvalue weighted by molar-refractivity contribution is 5.48. The zero-order chi connectivity index (χ0) is 27.4. The SMILES string of the molecule is CCCCCCCCC=CCCCCCCCC[N+]1(C(O)CCCCCCCCCCCCC)C=NCC1. The van der Waals surface area contributed by atoms with Crippen LogP contribution in [0.1, 0.15) is 181 Å². The molecule has 3 nitrogen and oxygen atoms in total. The summed E-state index contributed by atoms with van der Waals surface area (Å²) in [5, 5.41) is 11.0. The summed E-state index contributed by atoms with van der Waals surface area (Å²) in [4.78, 5) is 4.54. The zero-order valence-corrected chi connectivity index (χ0v) is 26.2. The van der Waals surface area contributed by atoms with Crippen LogP contribution in [0.2, 0.25) is 0 Å². The summed E-state index contributed by atoms with van der Waals surface area (Å²) < 4.78 is 0.737. The average molecular weight is 534 g/mol. The maximum atomic E-state index is 11.0. The molecule has 0 aromatic rings. The number of rotatable bonds is 29. The maximum Gasteiger partial charge on any atom is 0.196 e. The number of allylic oxidation sites excluding steroid dienone is 2. The fraction of sp³-hybridized carbons (Fsp3) is 0.914. The minimum Gasteiger partial charge on any atom is -0.344 e. The van der Waals surface area contributed by atoms with Crippen LogP contribution >= 0.6 is 0 Å². The van der Waals surface area contributed by atoms with E-state index in [1.807, 2.05) is 0 Å². The Bertz CT molecular complexity index is 546. The van der Waals surface area contributed by atoms with E-state index in [-0.39, 0.29) is 6.23 Å². The Morgan fingerprint density at radius 1 is 0.605 bits per heavy atom. The van der Waals surface area contributed by atoms with Crippen molar-refractivity contribution in [3.63, 3.8) is 0 Å². The van der Waals surface area contributed by atoms with Gasteiger partial charge in [0.2, 0.25) is 0 Å². The standard InChI is InChI=1S/C35H69N2O/c1-3-5-7-9-11-13-15-16-17-18-19-21-23-25-27-29-32-37(33-31-36-34-37)35(38)30-28-26-24-22-20-14-12-10-8-6-4-2/h16-17,34-35,38H,3-15,18-33H2,1-2H3/q+1. The lowest BCUT2D eigenvalue weighted by Gasteiger charge is -2.35. The smallest absolute Gasteiger partial charge is 0.196 e. The monoisotopic (exact) mass is 534 g/mol. The Morgan fingerprint density at radius 2 is 1.03 bits per heavy atom. The number of hydrogen-bond donors (Lipinski definition) is 1. The van der Waals surface area contributed by atoms with Gasteiger partial charge in [-0.3, -0.25) is 4.48 Å². The van der Waals surface area contributed by atoms with Crippen molar-refractivity contribution in [2.75, 3.05) is 19.6 Å². The summed E-state index contributed by atoms with van der Waals surface area (Å²) in [5.74, 6) is 0. The summed E-state index contributed by atoms with van der Waals surface area (Å²) in [5.41, 5.74) is 0. The first-order chi connectivity index (χ1) is 18.7. The van der Waals surface area contributed by atoms with E-state index in [0.29, 0.717) is 0 Å². The summed E-state index contributed by atoms with van der Waals surface area (Å²) in [6, 6.07) is 0. The average Bonchev–Trinajstić information content (AvgIpc) is 3.41. The van der Waals surface area contributed by atoms with Crippen LogP contribution in [0.3, 0.4) is 0 Å². The number of quaternary nitrogens is 1. The lowest BCUT2D eigenvalue weighted by atomic mass is 10.0. The van der Waals surface area contributed by atoms with Gasteiger partial charge in [0, 0.05) is 6.42 Å². The van der Waals surface area contributed by atoms with Gasteiger partial charge in [-0.05, 0) is 44.9 Å². The van der Waals surface area contributed by atoms with Gasteiger partial charge in [0.1, 0.15) is 6.54 Å². The lowest BCUT2D eigenvalue weighted by Crippen LogP contribution is -2.54. The predicted molar refractivity (Wildman–Crippen MR) is 170 cm³/mol. The van der Waals surface area contributed by atoms with Gasteiger partial charge in [-0.2, -0.15) is 0 Å². The fourth-order valence-corrected chi connectivity index (χ4v) is 5.97. The highest BCUT2D eigenvalue weighted by atomic mass is 16.3. The van der Waals surface area contributed by atoms with Crippen LogP contribution in [0.15, 0.2) is 17.1 Å². The van der Waals surface area contributed by atoms with Gasteiger partial charge in [0.15, 0.2) is 12.6 Å². The van der Waals surface area contributed by atoms with Crippen LogP contribution < -0.4 is 0 Å². The molecule has 3 heteroatoms. The lowest BCUT2D eigenvalue weighted by molar-refractivity contribution is -0.880. The van der Waals surface area contributed by atoms with Gasteiger partial charge in [-0.1, -0.05) is 142 Å². The van der Waals surface area contributed by atoms with Gasteiger partial charge in [-0.25, -0.2) is 4.99 Å². The molecule has 1 aliphatic rings. The molecule has 0 aromatic carbocycles. The van der Waals surface area contributed by atoms with Crippen molar-refractivity contribution in [1.82, 2.24) is 0 Å². The Labute approximate surface area is 239 Å². The normalized spacial score (nSPS) is 18.2. The van der Waals surface area contributed by atoms with Gasteiger partial charge < -0.3 is 5.11 Å². The van der Waals surface area contributed by atoms with Crippen molar-refractivity contribution in [1.29, 1.82) is 0 Å². The topological polar surface area (TPSA) is 32.6 Å². The molecule has 224 valence electrons. The van der Waals surface area contributed by atoms with Crippen molar-refractivity contribution < 1.29 is 9.59 Å². The molecule has 0 saturated heterocycles. The first-order valence-corrected chi connectivity index (χ1v) is 17.5. The van der Waals surface area contributed by atoms with Crippen LogP contribution in [0.5, 0.6) is 0 Å². The Balaban J connectivity index is 1.98. The van der Waals surface area contributed by atoms with Crippen molar-refractivity contribution in [2.24, 2.45) is 4.99 Å². The van der Waals surface area contributed by atoms with E-state index in [1.54, 1.807) is 0 Å². The minimum absolute atomic E-state index is 0.247. The molecule has 0 saturated carbocycles. The molecule has 0 radical (unpaired) electrons. The highest BCUT2D eigenvalue weighted by Crippen LogP contribution is 2.22. The van der Waals surface area contributed by atoms with Gasteiger partial charge in [-0.15, -0.1) is 0 Å². The van der Waals surface area contributed by atoms with E-state index in [1.165, 1.54) is 161 Å². The van der Waals surface area contributed by atoms with E-state index < -0.39 is 0 Å². The number of unbranched alkanes of at least 4 members (excludes halogenated alkanes) is 22. The van der Waals surface area contributed by atoms with Crippen molar-refractivity contribution in [2.45, 2.75) is 187 Å². The van der Waals surface area contributed by atoms with Gasteiger partial charge in [0.05, 0.1) is 13.1 Å². The Kier molecular flexibility index (Phi) is 24.7. The van der Waals surface area contributed by atoms with E-state index in [4.69, 9.17) is 0 Å². The molecule has 2 atom stereocenters. The molecule has 0 bridgehead atoms. The number of aliphatic hydroxyl groups excluding tert-OH is 1. The number of nitrogens with zero attached hydrogens (tertiary/aromatic N) is 2. The summed E-state index contributed by atoms with van der Waals surface area (Å²) in [7, 11) is 0. The number of aliphatic imine (C=N–C) groups is 1.